The van der Waals surface area contributed by atoms with E-state index in [2.05, 4.69) is 10.4 Å². The summed E-state index contributed by atoms with van der Waals surface area (Å²) in [6.07, 6.45) is -4.67. The zero-order valence-corrected chi connectivity index (χ0v) is 16.7. The number of thiophene rings is 1. The number of nitrogens with two attached hydrogens (primary N) is 1. The lowest BCUT2D eigenvalue weighted by Gasteiger charge is -2.44. The molecule has 0 saturated carbocycles. The summed E-state index contributed by atoms with van der Waals surface area (Å²) in [5.74, 6) is -3.14. The molecule has 1 aliphatic rings. The molecule has 1 atom stereocenters. The van der Waals surface area contributed by atoms with E-state index in [0.717, 1.165) is 11.3 Å². The highest BCUT2D eigenvalue weighted by atomic mass is 32.1. The van der Waals surface area contributed by atoms with Gasteiger partial charge in [-0.2, -0.15) is 18.3 Å². The molecular weight excluding hydrogens is 413 g/mol. The molecule has 1 aliphatic heterocycles. The van der Waals surface area contributed by atoms with Crippen LogP contribution in [-0.4, -0.2) is 32.8 Å². The third-order valence-electron chi connectivity index (χ3n) is 4.62. The number of carbonyl (C=O) groups excluding carboxylic acids is 1. The van der Waals surface area contributed by atoms with Crippen LogP contribution >= 0.6 is 11.3 Å². The predicted molar refractivity (Wildman–Crippen MR) is 98.8 cm³/mol. The fraction of sp³-hybridized carbons (Fsp3) is 0.471. The number of H-pyrrole nitrogens is 1. The molecule has 0 radical (unpaired) electrons. The number of rotatable bonds is 3. The van der Waals surface area contributed by atoms with Crippen molar-refractivity contribution in [3.05, 3.63) is 27.9 Å². The van der Waals surface area contributed by atoms with Crippen molar-refractivity contribution in [3.63, 3.8) is 0 Å². The first-order valence-electron chi connectivity index (χ1n) is 8.44. The number of ether oxygens (including phenoxy) is 1. The van der Waals surface area contributed by atoms with E-state index < -0.39 is 46.6 Å². The largest absolute Gasteiger partial charge is 0.481 e. The van der Waals surface area contributed by atoms with E-state index in [1.54, 1.807) is 32.8 Å². The van der Waals surface area contributed by atoms with Crippen molar-refractivity contribution in [1.82, 2.24) is 10.2 Å². The number of nitrogen functional groups attached to an aromatic ring is 1. The Labute approximate surface area is 167 Å². The van der Waals surface area contributed by atoms with Gasteiger partial charge in [-0.1, -0.05) is 0 Å². The minimum Gasteiger partial charge on any atom is -0.481 e. The maximum Gasteiger partial charge on any atom is 0.432 e. The summed E-state index contributed by atoms with van der Waals surface area (Å²) in [5.41, 5.74) is 2.93. The molecule has 3 heterocycles. The Balaban J connectivity index is 2.00. The van der Waals surface area contributed by atoms with Gasteiger partial charge in [-0.25, -0.2) is 0 Å². The van der Waals surface area contributed by atoms with E-state index >= 15 is 0 Å². The van der Waals surface area contributed by atoms with Crippen LogP contribution in [0.2, 0.25) is 0 Å². The van der Waals surface area contributed by atoms with Crippen molar-refractivity contribution in [1.29, 1.82) is 0 Å². The summed E-state index contributed by atoms with van der Waals surface area (Å²) in [4.78, 5) is 24.8. The number of carboxylic acid groups (broad SMARTS) is 1. The van der Waals surface area contributed by atoms with E-state index in [-0.39, 0.29) is 10.7 Å². The van der Waals surface area contributed by atoms with Gasteiger partial charge in [0.15, 0.2) is 5.69 Å². The molecule has 0 aliphatic carbocycles. The Morgan fingerprint density at radius 2 is 1.97 bits per heavy atom. The van der Waals surface area contributed by atoms with E-state index in [1.807, 2.05) is 0 Å². The molecule has 8 nitrogen and oxygen atoms in total. The Morgan fingerprint density at radius 3 is 2.48 bits per heavy atom. The number of hydrogen-bond acceptors (Lipinski definition) is 6. The van der Waals surface area contributed by atoms with Gasteiger partial charge in [-0.3, -0.25) is 14.7 Å². The quantitative estimate of drug-likeness (QED) is 0.587. The van der Waals surface area contributed by atoms with Crippen LogP contribution in [0.1, 0.15) is 60.2 Å². The lowest BCUT2D eigenvalue weighted by molar-refractivity contribution is -0.171. The number of anilines is 2. The van der Waals surface area contributed by atoms with Crippen LogP contribution in [0.4, 0.5) is 23.9 Å². The first-order chi connectivity index (χ1) is 13.1. The molecule has 0 aromatic carbocycles. The second kappa shape index (κ2) is 6.46. The van der Waals surface area contributed by atoms with Gasteiger partial charge in [0, 0.05) is 16.5 Å². The van der Waals surface area contributed by atoms with Gasteiger partial charge >= 0.3 is 12.1 Å². The maximum absolute atomic E-state index is 12.7. The average Bonchev–Trinajstić information content (AvgIpc) is 3.13. The van der Waals surface area contributed by atoms with Crippen molar-refractivity contribution >= 4 is 33.9 Å². The Morgan fingerprint density at radius 1 is 1.34 bits per heavy atom. The number of carboxylic acids is 1. The van der Waals surface area contributed by atoms with E-state index in [0.29, 0.717) is 16.5 Å². The third-order valence-corrected chi connectivity index (χ3v) is 6.06. The van der Waals surface area contributed by atoms with E-state index in [9.17, 15) is 27.9 Å². The second-order valence-electron chi connectivity index (χ2n) is 7.69. The monoisotopic (exact) mass is 432 g/mol. The van der Waals surface area contributed by atoms with Gasteiger partial charge in [0.25, 0.3) is 5.91 Å². The minimum atomic E-state index is -4.67. The molecule has 1 amide bonds. The first-order valence-corrected chi connectivity index (χ1v) is 9.26. The molecule has 158 valence electrons. The van der Waals surface area contributed by atoms with Gasteiger partial charge in [-0.15, -0.1) is 11.3 Å². The highest BCUT2D eigenvalue weighted by Crippen LogP contribution is 2.54. The summed E-state index contributed by atoms with van der Waals surface area (Å²) in [5, 5.41) is 17.4. The molecule has 0 spiro atoms. The molecule has 2 aromatic heterocycles. The number of nitrogens with one attached hydrogen (secondary N) is 2. The Hall–Kier alpha value is -2.60. The fourth-order valence-corrected chi connectivity index (χ4v) is 4.76. The number of halogens is 3. The molecule has 1 unspecified atom stereocenters. The zero-order valence-electron chi connectivity index (χ0n) is 15.9. The van der Waals surface area contributed by atoms with Crippen LogP contribution in [0, 0.1) is 0 Å². The zero-order chi connectivity index (χ0) is 21.9. The number of carbonyl (C=O) groups is 2. The van der Waals surface area contributed by atoms with Crippen molar-refractivity contribution < 1.29 is 32.6 Å². The standard InChI is InChI=1S/C17H19F3N4O4S/c1-15(2)9(14(26)27)8-10(21)13(29-11(8)16(3,4)28-15)22-12(25)6-5-7(24-23-6)17(18,19)20/h5,9H,21H2,1-4H3,(H,22,25)(H,23,24)(H,26,27). The normalized spacial score (nSPS) is 20.2. The number of nitrogens with zero attached hydrogens (tertiary/aromatic N) is 1. The molecule has 5 N–H and O–H groups in total. The molecule has 0 bridgehead atoms. The lowest BCUT2D eigenvalue weighted by Crippen LogP contribution is -2.47. The van der Waals surface area contributed by atoms with Gasteiger partial charge < -0.3 is 20.9 Å². The van der Waals surface area contributed by atoms with Crippen molar-refractivity contribution in [2.45, 2.75) is 51.0 Å². The van der Waals surface area contributed by atoms with Crippen molar-refractivity contribution in [3.8, 4) is 0 Å². The Bertz CT molecular complexity index is 993. The van der Waals surface area contributed by atoms with Gasteiger partial charge in [0.05, 0.1) is 16.9 Å². The van der Waals surface area contributed by atoms with Crippen LogP contribution in [0.15, 0.2) is 6.07 Å². The summed E-state index contributed by atoms with van der Waals surface area (Å²) in [6, 6.07) is 0.579. The fourth-order valence-electron chi connectivity index (χ4n) is 3.57. The second-order valence-corrected chi connectivity index (χ2v) is 8.71. The number of hydrogen-bond donors (Lipinski definition) is 4. The SMILES string of the molecule is CC1(C)OC(C)(C)C(C(=O)O)c2c1sc(NC(=O)c1cc(C(F)(F)F)[nH]n1)c2N. The highest BCUT2D eigenvalue weighted by Gasteiger charge is 2.51. The van der Waals surface area contributed by atoms with Crippen LogP contribution in [0.25, 0.3) is 0 Å². The van der Waals surface area contributed by atoms with Gasteiger partial charge in [-0.05, 0) is 27.7 Å². The maximum atomic E-state index is 12.7. The molecule has 3 rings (SSSR count). The summed E-state index contributed by atoms with van der Waals surface area (Å²) >= 11 is 1.02. The van der Waals surface area contributed by atoms with Crippen molar-refractivity contribution in [2.75, 3.05) is 11.1 Å². The smallest absolute Gasteiger partial charge is 0.432 e. The topological polar surface area (TPSA) is 130 Å². The lowest BCUT2D eigenvalue weighted by atomic mass is 9.78. The molecule has 0 fully saturated rings. The number of alkyl halides is 3. The van der Waals surface area contributed by atoms with E-state index in [4.69, 9.17) is 10.5 Å². The van der Waals surface area contributed by atoms with Crippen LogP contribution in [-0.2, 0) is 21.3 Å². The third kappa shape index (κ3) is 3.57. The van der Waals surface area contributed by atoms with Crippen molar-refractivity contribution in [2.24, 2.45) is 0 Å². The number of aromatic nitrogens is 2. The molecular formula is C17H19F3N4O4S. The van der Waals surface area contributed by atoms with Crippen LogP contribution in [0.5, 0.6) is 0 Å². The van der Waals surface area contributed by atoms with E-state index in [1.165, 1.54) is 0 Å². The number of fused-ring (bicyclic) bond motifs is 1. The van der Waals surface area contributed by atoms with Gasteiger partial charge in [0.1, 0.15) is 16.6 Å². The number of aromatic amines is 1. The first kappa shape index (κ1) is 21.1. The van der Waals surface area contributed by atoms with Crippen LogP contribution in [0.3, 0.4) is 0 Å². The van der Waals surface area contributed by atoms with Gasteiger partial charge in [0.2, 0.25) is 0 Å². The molecule has 0 saturated heterocycles. The molecule has 12 heteroatoms. The summed E-state index contributed by atoms with van der Waals surface area (Å²) in [7, 11) is 0. The summed E-state index contributed by atoms with van der Waals surface area (Å²) < 4.78 is 44.1. The molecule has 29 heavy (non-hydrogen) atoms. The van der Waals surface area contributed by atoms with Crippen LogP contribution < -0.4 is 11.1 Å². The number of aliphatic carboxylic acids is 1. The average molecular weight is 432 g/mol. The molecule has 2 aromatic rings. The predicted octanol–water partition coefficient (Wildman–Crippen LogP) is 3.54. The Kier molecular flexibility index (Phi) is 4.70. The number of amides is 1. The highest BCUT2D eigenvalue weighted by molar-refractivity contribution is 7.17. The minimum absolute atomic E-state index is 0.0433. The summed E-state index contributed by atoms with van der Waals surface area (Å²) in [6.45, 7) is 6.76.